The molecule has 0 fully saturated rings. The van der Waals surface area contributed by atoms with Crippen molar-refractivity contribution in [1.29, 1.82) is 0 Å². The fourth-order valence-corrected chi connectivity index (χ4v) is 2.12. The lowest BCUT2D eigenvalue weighted by Gasteiger charge is -2.10. The normalized spacial score (nSPS) is 14.5. The molecule has 0 saturated carbocycles. The highest BCUT2D eigenvalue weighted by Gasteiger charge is 2.07. The van der Waals surface area contributed by atoms with Gasteiger partial charge in [0.2, 0.25) is 0 Å². The molecule has 0 amide bonds. The molecule has 0 saturated heterocycles. The van der Waals surface area contributed by atoms with Crippen molar-refractivity contribution in [2.24, 2.45) is 4.99 Å². The minimum absolute atomic E-state index is 0.221. The van der Waals surface area contributed by atoms with Crippen molar-refractivity contribution in [1.82, 2.24) is 5.32 Å². The second-order valence-electron chi connectivity index (χ2n) is 3.45. The van der Waals surface area contributed by atoms with Gasteiger partial charge in [0.15, 0.2) is 0 Å². The van der Waals surface area contributed by atoms with Crippen LogP contribution in [0.4, 0.5) is 10.1 Å². The molecule has 0 unspecified atom stereocenters. The summed E-state index contributed by atoms with van der Waals surface area (Å²) >= 11 is 1.60. The van der Waals surface area contributed by atoms with E-state index in [1.165, 1.54) is 12.1 Å². The topological polar surface area (TPSA) is 36.4 Å². The zero-order valence-corrected chi connectivity index (χ0v) is 9.90. The summed E-state index contributed by atoms with van der Waals surface area (Å²) in [4.78, 5) is 5.31. The molecule has 3 nitrogen and oxygen atoms in total. The van der Waals surface area contributed by atoms with E-state index in [-0.39, 0.29) is 5.82 Å². The first-order valence-electron chi connectivity index (χ1n) is 5.14. The van der Waals surface area contributed by atoms with Gasteiger partial charge >= 0.3 is 0 Å². The highest BCUT2D eigenvalue weighted by molar-refractivity contribution is 7.98. The number of halogens is 1. The van der Waals surface area contributed by atoms with Crippen LogP contribution in [0, 0.1) is 5.82 Å². The van der Waals surface area contributed by atoms with Crippen molar-refractivity contribution in [3.63, 3.8) is 0 Å². The Morgan fingerprint density at radius 2 is 2.44 bits per heavy atom. The Balaban J connectivity index is 2.04. The van der Waals surface area contributed by atoms with Gasteiger partial charge in [0.1, 0.15) is 11.7 Å². The van der Waals surface area contributed by atoms with E-state index in [1.807, 2.05) is 6.26 Å². The van der Waals surface area contributed by atoms with Crippen molar-refractivity contribution in [3.8, 4) is 0 Å². The summed E-state index contributed by atoms with van der Waals surface area (Å²) in [5.41, 5.74) is 0.823. The fourth-order valence-electron chi connectivity index (χ4n) is 1.56. The van der Waals surface area contributed by atoms with Crippen LogP contribution in [0.3, 0.4) is 0 Å². The number of nitrogens with one attached hydrogen (secondary N) is 2. The largest absolute Gasteiger partial charge is 0.377 e. The van der Waals surface area contributed by atoms with Gasteiger partial charge in [0, 0.05) is 11.4 Å². The molecule has 0 bridgehead atoms. The molecular weight excluding hydrogens is 225 g/mol. The van der Waals surface area contributed by atoms with Crippen molar-refractivity contribution in [3.05, 3.63) is 24.0 Å². The van der Waals surface area contributed by atoms with E-state index in [9.17, 15) is 4.39 Å². The van der Waals surface area contributed by atoms with E-state index in [1.54, 1.807) is 17.8 Å². The molecule has 86 valence electrons. The number of anilines is 1. The number of rotatable bonds is 4. The lowest BCUT2D eigenvalue weighted by molar-refractivity contribution is 0.627. The van der Waals surface area contributed by atoms with Gasteiger partial charge in [0.25, 0.3) is 0 Å². The van der Waals surface area contributed by atoms with Gasteiger partial charge in [-0.15, -0.1) is 11.8 Å². The highest BCUT2D eigenvalue weighted by Crippen LogP contribution is 2.25. The van der Waals surface area contributed by atoms with Gasteiger partial charge < -0.3 is 10.6 Å². The number of amidine groups is 1. The molecule has 1 aromatic rings. The molecule has 2 N–H and O–H groups in total. The van der Waals surface area contributed by atoms with Crippen LogP contribution in [0.15, 0.2) is 28.1 Å². The van der Waals surface area contributed by atoms with Gasteiger partial charge in [-0.2, -0.15) is 0 Å². The quantitative estimate of drug-likeness (QED) is 0.789. The Kier molecular flexibility index (Phi) is 3.66. The summed E-state index contributed by atoms with van der Waals surface area (Å²) in [6, 6.07) is 4.77. The molecule has 0 aliphatic carbocycles. The van der Waals surface area contributed by atoms with E-state index >= 15 is 0 Å². The minimum Gasteiger partial charge on any atom is -0.377 e. The number of hydrogen-bond donors (Lipinski definition) is 2. The molecule has 1 aliphatic rings. The molecule has 2 rings (SSSR count). The average Bonchev–Trinajstić information content (AvgIpc) is 2.79. The van der Waals surface area contributed by atoms with Crippen molar-refractivity contribution >= 4 is 23.3 Å². The second-order valence-corrected chi connectivity index (χ2v) is 4.30. The summed E-state index contributed by atoms with van der Waals surface area (Å²) in [5, 5.41) is 6.36. The SMILES string of the molecule is CSc1ccc(F)cc1NCC1=NCCN1. The lowest BCUT2D eigenvalue weighted by Crippen LogP contribution is -2.26. The van der Waals surface area contributed by atoms with Crippen LogP contribution in [0.5, 0.6) is 0 Å². The van der Waals surface area contributed by atoms with Crippen molar-refractivity contribution < 1.29 is 4.39 Å². The van der Waals surface area contributed by atoms with Gasteiger partial charge in [-0.05, 0) is 24.5 Å². The van der Waals surface area contributed by atoms with Crippen LogP contribution < -0.4 is 10.6 Å². The van der Waals surface area contributed by atoms with Gasteiger partial charge in [-0.1, -0.05) is 0 Å². The van der Waals surface area contributed by atoms with Crippen LogP contribution in [0.2, 0.25) is 0 Å². The standard InChI is InChI=1S/C11H14FN3S/c1-16-10-3-2-8(12)6-9(10)15-7-11-13-4-5-14-11/h2-3,6,15H,4-5,7H2,1H3,(H,13,14). The summed E-state index contributed by atoms with van der Waals surface area (Å²) in [6.45, 7) is 2.35. The minimum atomic E-state index is -0.221. The monoisotopic (exact) mass is 239 g/mol. The Morgan fingerprint density at radius 3 is 3.12 bits per heavy atom. The Morgan fingerprint density at radius 1 is 1.56 bits per heavy atom. The first kappa shape index (κ1) is 11.3. The van der Waals surface area contributed by atoms with E-state index < -0.39 is 0 Å². The third kappa shape index (κ3) is 2.66. The molecule has 0 radical (unpaired) electrons. The first-order chi connectivity index (χ1) is 7.79. The maximum absolute atomic E-state index is 13.1. The summed E-state index contributed by atoms with van der Waals surface area (Å²) in [7, 11) is 0. The predicted octanol–water partition coefficient (Wildman–Crippen LogP) is 1.96. The number of thioether (sulfide) groups is 1. The molecule has 0 atom stereocenters. The Labute approximate surface area is 98.5 Å². The molecule has 5 heteroatoms. The van der Waals surface area contributed by atoms with E-state index in [0.29, 0.717) is 6.54 Å². The summed E-state index contributed by atoms with van der Waals surface area (Å²) < 4.78 is 13.1. The molecule has 1 heterocycles. The lowest BCUT2D eigenvalue weighted by atomic mass is 10.3. The van der Waals surface area contributed by atoms with Gasteiger partial charge in [-0.25, -0.2) is 4.39 Å². The second kappa shape index (κ2) is 5.21. The number of benzene rings is 1. The molecular formula is C11H14FN3S. The van der Waals surface area contributed by atoms with Crippen molar-refractivity contribution in [2.45, 2.75) is 4.90 Å². The maximum Gasteiger partial charge on any atom is 0.125 e. The van der Waals surface area contributed by atoms with E-state index in [4.69, 9.17) is 0 Å². The van der Waals surface area contributed by atoms with Gasteiger partial charge in [0.05, 0.1) is 18.8 Å². The maximum atomic E-state index is 13.1. The third-order valence-electron chi connectivity index (χ3n) is 2.35. The zero-order valence-electron chi connectivity index (χ0n) is 9.09. The number of aliphatic imine (C=N–C) groups is 1. The molecule has 16 heavy (non-hydrogen) atoms. The van der Waals surface area contributed by atoms with E-state index in [0.717, 1.165) is 29.5 Å². The Bertz CT molecular complexity index is 406. The molecule has 1 aromatic carbocycles. The zero-order chi connectivity index (χ0) is 11.4. The summed E-state index contributed by atoms with van der Waals surface area (Å²) in [5.74, 6) is 0.720. The Hall–Kier alpha value is -1.23. The average molecular weight is 239 g/mol. The van der Waals surface area contributed by atoms with Crippen LogP contribution in [-0.2, 0) is 0 Å². The molecule has 1 aliphatic heterocycles. The van der Waals surface area contributed by atoms with Crippen molar-refractivity contribution in [2.75, 3.05) is 31.2 Å². The van der Waals surface area contributed by atoms with Crippen LogP contribution in [0.25, 0.3) is 0 Å². The van der Waals surface area contributed by atoms with Gasteiger partial charge in [-0.3, -0.25) is 4.99 Å². The fraction of sp³-hybridized carbons (Fsp3) is 0.364. The smallest absolute Gasteiger partial charge is 0.125 e. The number of nitrogens with zero attached hydrogens (tertiary/aromatic N) is 1. The van der Waals surface area contributed by atoms with Crippen LogP contribution >= 0.6 is 11.8 Å². The molecule has 0 spiro atoms. The third-order valence-corrected chi connectivity index (χ3v) is 3.15. The number of hydrogen-bond acceptors (Lipinski definition) is 4. The van der Waals surface area contributed by atoms with E-state index in [2.05, 4.69) is 15.6 Å². The summed E-state index contributed by atoms with van der Waals surface area (Å²) in [6.07, 6.45) is 1.98. The highest BCUT2D eigenvalue weighted by atomic mass is 32.2. The van der Waals surface area contributed by atoms with Crippen LogP contribution in [0.1, 0.15) is 0 Å². The van der Waals surface area contributed by atoms with Crippen LogP contribution in [-0.4, -0.2) is 31.7 Å². The first-order valence-corrected chi connectivity index (χ1v) is 6.36. The molecule has 0 aromatic heterocycles. The predicted molar refractivity (Wildman–Crippen MR) is 67.0 cm³/mol.